The number of nitrogens with zero attached hydrogens (tertiary/aromatic N) is 1. The summed E-state index contributed by atoms with van der Waals surface area (Å²) in [5.74, 6) is -0.548. The normalized spacial score (nSPS) is 12.7. The van der Waals surface area contributed by atoms with Crippen molar-refractivity contribution < 1.29 is 17.7 Å². The van der Waals surface area contributed by atoms with Crippen molar-refractivity contribution in [1.29, 1.82) is 0 Å². The molecule has 0 N–H and O–H groups in total. The third-order valence-electron chi connectivity index (χ3n) is 4.14. The zero-order valence-corrected chi connectivity index (χ0v) is 14.5. The molecule has 0 aliphatic heterocycles. The summed E-state index contributed by atoms with van der Waals surface area (Å²) >= 11 is 0. The minimum absolute atomic E-state index is 0.0855. The van der Waals surface area contributed by atoms with Crippen LogP contribution in [0.25, 0.3) is 11.3 Å². The molecule has 0 bridgehead atoms. The average Bonchev–Trinajstić information content (AvgIpc) is 2.87. The van der Waals surface area contributed by atoms with Gasteiger partial charge in [0.25, 0.3) is 0 Å². The minimum atomic E-state index is -1.90. The molecule has 0 unspecified atom stereocenters. The van der Waals surface area contributed by atoms with Crippen LogP contribution in [0, 0.1) is 11.6 Å². The zero-order chi connectivity index (χ0) is 16.5. The van der Waals surface area contributed by atoms with E-state index >= 15 is 0 Å². The molecule has 0 atom stereocenters. The van der Waals surface area contributed by atoms with Gasteiger partial charge in [-0.05, 0) is 36.3 Å². The van der Waals surface area contributed by atoms with Crippen LogP contribution in [0.2, 0.25) is 18.1 Å². The van der Waals surface area contributed by atoms with Crippen molar-refractivity contribution in [3.05, 3.63) is 41.7 Å². The molecule has 1 aromatic carbocycles. The highest BCUT2D eigenvalue weighted by Crippen LogP contribution is 2.37. The van der Waals surface area contributed by atoms with Crippen molar-refractivity contribution in [3.63, 3.8) is 0 Å². The molecule has 0 radical (unpaired) electrons. The van der Waals surface area contributed by atoms with Gasteiger partial charge in [0.2, 0.25) is 0 Å². The second-order valence-electron chi connectivity index (χ2n) is 6.85. The lowest BCUT2D eigenvalue weighted by molar-refractivity contribution is 0.230. The van der Waals surface area contributed by atoms with Gasteiger partial charge in [-0.1, -0.05) is 25.9 Å². The van der Waals surface area contributed by atoms with Crippen molar-refractivity contribution >= 4 is 8.32 Å². The molecule has 0 saturated heterocycles. The molecule has 0 saturated carbocycles. The predicted octanol–water partition coefficient (Wildman–Crippen LogP) is 5.14. The molecule has 1 aromatic heterocycles. The molecule has 0 fully saturated rings. The van der Waals surface area contributed by atoms with Crippen LogP contribution in [-0.4, -0.2) is 13.5 Å². The Morgan fingerprint density at radius 1 is 1.18 bits per heavy atom. The molecule has 0 amide bonds. The summed E-state index contributed by atoms with van der Waals surface area (Å²) < 4.78 is 38.2. The average molecular weight is 325 g/mol. The second-order valence-corrected chi connectivity index (χ2v) is 11.7. The van der Waals surface area contributed by atoms with Crippen LogP contribution in [0.4, 0.5) is 8.78 Å². The third-order valence-corrected chi connectivity index (χ3v) is 8.62. The Labute approximate surface area is 130 Å². The first kappa shape index (κ1) is 16.8. The van der Waals surface area contributed by atoms with Gasteiger partial charge in [-0.25, -0.2) is 8.78 Å². The van der Waals surface area contributed by atoms with Crippen LogP contribution in [0.3, 0.4) is 0 Å². The molecule has 0 aliphatic carbocycles. The smallest absolute Gasteiger partial charge is 0.192 e. The van der Waals surface area contributed by atoms with E-state index in [1.807, 2.05) is 0 Å². The topological polar surface area (TPSA) is 35.3 Å². The van der Waals surface area contributed by atoms with E-state index in [0.29, 0.717) is 5.76 Å². The summed E-state index contributed by atoms with van der Waals surface area (Å²) in [7, 11) is -1.90. The number of aromatic nitrogens is 1. The molecule has 2 rings (SSSR count). The van der Waals surface area contributed by atoms with Gasteiger partial charge in [-0.15, -0.1) is 0 Å². The Bertz CT molecular complexity index is 662. The Hall–Kier alpha value is -1.53. The quantitative estimate of drug-likeness (QED) is 0.730. The fourth-order valence-corrected chi connectivity index (χ4v) is 2.61. The first-order valence-corrected chi connectivity index (χ1v) is 10.1. The minimum Gasteiger partial charge on any atom is -0.409 e. The van der Waals surface area contributed by atoms with Crippen LogP contribution < -0.4 is 0 Å². The summed E-state index contributed by atoms with van der Waals surface area (Å²) in [6.07, 6.45) is 0. The molecule has 3 nitrogen and oxygen atoms in total. The standard InChI is InChI=1S/C16H21F2NO2Si/c1-16(2,3)22(4,5)20-10-12-9-15(19-21-12)13-8-11(17)6-7-14(13)18/h6-9H,10H2,1-5H3. The summed E-state index contributed by atoms with van der Waals surface area (Å²) in [5.41, 5.74) is 0.355. The lowest BCUT2D eigenvalue weighted by Crippen LogP contribution is -2.40. The fraction of sp³-hybridized carbons (Fsp3) is 0.438. The van der Waals surface area contributed by atoms with Crippen LogP contribution >= 0.6 is 0 Å². The van der Waals surface area contributed by atoms with E-state index in [9.17, 15) is 8.78 Å². The maximum atomic E-state index is 13.7. The number of benzene rings is 1. The van der Waals surface area contributed by atoms with Gasteiger partial charge in [0, 0.05) is 11.6 Å². The molecule has 1 heterocycles. The van der Waals surface area contributed by atoms with Gasteiger partial charge in [-0.2, -0.15) is 0 Å². The predicted molar refractivity (Wildman–Crippen MR) is 83.8 cm³/mol. The SMILES string of the molecule is CC(C)(C)[Si](C)(C)OCc1cc(-c2cc(F)ccc2F)no1. The molecular weight excluding hydrogens is 304 g/mol. The number of hydrogen-bond acceptors (Lipinski definition) is 3. The fourth-order valence-electron chi connectivity index (χ4n) is 1.67. The van der Waals surface area contributed by atoms with Gasteiger partial charge >= 0.3 is 0 Å². The lowest BCUT2D eigenvalue weighted by Gasteiger charge is -2.35. The largest absolute Gasteiger partial charge is 0.409 e. The van der Waals surface area contributed by atoms with Crippen molar-refractivity contribution in [2.75, 3.05) is 0 Å². The van der Waals surface area contributed by atoms with Crippen LogP contribution in [0.5, 0.6) is 0 Å². The molecule has 0 aliphatic rings. The van der Waals surface area contributed by atoms with Crippen LogP contribution in [-0.2, 0) is 11.0 Å². The van der Waals surface area contributed by atoms with E-state index in [2.05, 4.69) is 39.0 Å². The number of halogens is 2. The molecular formula is C16H21F2NO2Si. The first-order valence-electron chi connectivity index (χ1n) is 7.15. The lowest BCUT2D eigenvalue weighted by atomic mass is 10.1. The molecule has 2 aromatic rings. The number of rotatable bonds is 4. The summed E-state index contributed by atoms with van der Waals surface area (Å²) in [5, 5.41) is 3.89. The molecule has 0 spiro atoms. The van der Waals surface area contributed by atoms with Crippen molar-refractivity contribution in [1.82, 2.24) is 5.16 Å². The van der Waals surface area contributed by atoms with Gasteiger partial charge in [0.15, 0.2) is 14.1 Å². The van der Waals surface area contributed by atoms with Crippen LogP contribution in [0.1, 0.15) is 26.5 Å². The maximum absolute atomic E-state index is 13.7. The van der Waals surface area contributed by atoms with Gasteiger partial charge in [-0.3, -0.25) is 0 Å². The maximum Gasteiger partial charge on any atom is 0.192 e. The van der Waals surface area contributed by atoms with E-state index in [-0.39, 0.29) is 22.9 Å². The Morgan fingerprint density at radius 2 is 1.86 bits per heavy atom. The van der Waals surface area contributed by atoms with E-state index in [4.69, 9.17) is 8.95 Å². The highest BCUT2D eigenvalue weighted by Gasteiger charge is 2.37. The Balaban J connectivity index is 2.14. The van der Waals surface area contributed by atoms with E-state index < -0.39 is 20.0 Å². The summed E-state index contributed by atoms with van der Waals surface area (Å²) in [6, 6.07) is 4.84. The summed E-state index contributed by atoms with van der Waals surface area (Å²) in [6.45, 7) is 11.0. The number of hydrogen-bond donors (Lipinski definition) is 0. The van der Waals surface area contributed by atoms with Crippen molar-refractivity contribution in [3.8, 4) is 11.3 Å². The highest BCUT2D eigenvalue weighted by molar-refractivity contribution is 6.74. The monoisotopic (exact) mass is 325 g/mol. The van der Waals surface area contributed by atoms with Crippen molar-refractivity contribution in [2.24, 2.45) is 0 Å². The van der Waals surface area contributed by atoms with Gasteiger partial charge < -0.3 is 8.95 Å². The van der Waals surface area contributed by atoms with E-state index in [0.717, 1.165) is 18.2 Å². The Kier molecular flexibility index (Phi) is 4.53. The zero-order valence-electron chi connectivity index (χ0n) is 13.5. The van der Waals surface area contributed by atoms with Crippen LogP contribution in [0.15, 0.2) is 28.8 Å². The summed E-state index contributed by atoms with van der Waals surface area (Å²) in [4.78, 5) is 0. The first-order chi connectivity index (χ1) is 10.1. The van der Waals surface area contributed by atoms with Gasteiger partial charge in [0.05, 0.1) is 6.61 Å². The molecule has 6 heteroatoms. The molecule has 120 valence electrons. The van der Waals surface area contributed by atoms with Gasteiger partial charge in [0.1, 0.15) is 17.3 Å². The Morgan fingerprint density at radius 3 is 2.50 bits per heavy atom. The van der Waals surface area contributed by atoms with E-state index in [1.165, 1.54) is 0 Å². The highest BCUT2D eigenvalue weighted by atomic mass is 28.4. The van der Waals surface area contributed by atoms with Crippen molar-refractivity contribution in [2.45, 2.75) is 45.5 Å². The van der Waals surface area contributed by atoms with E-state index in [1.54, 1.807) is 6.07 Å². The third kappa shape index (κ3) is 3.62. The second kappa shape index (κ2) is 5.93. The molecule has 22 heavy (non-hydrogen) atoms.